The van der Waals surface area contributed by atoms with Gasteiger partial charge in [-0.15, -0.1) is 0 Å². The van der Waals surface area contributed by atoms with Gasteiger partial charge in [0.1, 0.15) is 5.75 Å². The van der Waals surface area contributed by atoms with Crippen LogP contribution in [0.15, 0.2) is 36.4 Å². The first-order valence-electron chi connectivity index (χ1n) is 7.87. The van der Waals surface area contributed by atoms with E-state index in [9.17, 15) is 9.59 Å². The first-order chi connectivity index (χ1) is 12.3. The van der Waals surface area contributed by atoms with Crippen molar-refractivity contribution in [3.63, 3.8) is 0 Å². The number of ether oxygens (including phenoxy) is 1. The second-order valence-corrected chi connectivity index (χ2v) is 6.72. The summed E-state index contributed by atoms with van der Waals surface area (Å²) in [6, 6.07) is 9.88. The van der Waals surface area contributed by atoms with Gasteiger partial charge in [0.15, 0.2) is 5.78 Å². The van der Waals surface area contributed by atoms with Crippen LogP contribution in [0.25, 0.3) is 10.9 Å². The molecule has 3 aromatic rings. The molecule has 2 aromatic carbocycles. The Morgan fingerprint density at radius 3 is 2.27 bits per heavy atom. The number of aryl methyl sites for hydroxylation is 1. The third kappa shape index (κ3) is 3.30. The standard InChI is InChI=1S/C20H15Cl2NO3/c1-10-11(2)23-16-9-8-15(18(22)17(16)20(10)26-12(3)24)19(25)13-4-6-14(21)7-5-13/h4-9H,1-3H3. The lowest BCUT2D eigenvalue weighted by molar-refractivity contribution is -0.131. The number of rotatable bonds is 3. The van der Waals surface area contributed by atoms with Crippen LogP contribution in [0.4, 0.5) is 0 Å². The molecule has 0 aliphatic rings. The molecular weight excluding hydrogens is 373 g/mol. The van der Waals surface area contributed by atoms with Crippen LogP contribution < -0.4 is 4.74 Å². The Hall–Kier alpha value is -2.43. The smallest absolute Gasteiger partial charge is 0.308 e. The van der Waals surface area contributed by atoms with Crippen molar-refractivity contribution in [1.29, 1.82) is 0 Å². The van der Waals surface area contributed by atoms with Gasteiger partial charge in [-0.05, 0) is 50.2 Å². The zero-order chi connectivity index (χ0) is 19.0. The van der Waals surface area contributed by atoms with Gasteiger partial charge < -0.3 is 4.74 Å². The van der Waals surface area contributed by atoms with Crippen LogP contribution in [0, 0.1) is 13.8 Å². The third-order valence-electron chi connectivity index (χ3n) is 4.12. The quantitative estimate of drug-likeness (QED) is 0.451. The molecule has 0 aliphatic heterocycles. The van der Waals surface area contributed by atoms with Crippen LogP contribution in [0.1, 0.15) is 34.1 Å². The topological polar surface area (TPSA) is 56.3 Å². The molecular formula is C20H15Cl2NO3. The second-order valence-electron chi connectivity index (χ2n) is 5.90. The van der Waals surface area contributed by atoms with Gasteiger partial charge in [0, 0.05) is 34.3 Å². The van der Waals surface area contributed by atoms with E-state index in [1.165, 1.54) is 6.92 Å². The summed E-state index contributed by atoms with van der Waals surface area (Å²) in [5, 5.41) is 1.19. The van der Waals surface area contributed by atoms with Gasteiger partial charge in [-0.25, -0.2) is 0 Å². The van der Waals surface area contributed by atoms with Crippen LogP contribution in [-0.4, -0.2) is 16.7 Å². The van der Waals surface area contributed by atoms with Crippen LogP contribution in [-0.2, 0) is 4.79 Å². The molecule has 6 heteroatoms. The summed E-state index contributed by atoms with van der Waals surface area (Å²) in [5.74, 6) is -0.387. The summed E-state index contributed by atoms with van der Waals surface area (Å²) in [6.07, 6.45) is 0. The molecule has 132 valence electrons. The van der Waals surface area contributed by atoms with E-state index in [4.69, 9.17) is 27.9 Å². The van der Waals surface area contributed by atoms with E-state index in [1.807, 2.05) is 6.92 Å². The monoisotopic (exact) mass is 387 g/mol. The molecule has 0 bridgehead atoms. The van der Waals surface area contributed by atoms with Crippen molar-refractivity contribution >= 4 is 45.9 Å². The molecule has 0 fully saturated rings. The first kappa shape index (κ1) is 18.4. The van der Waals surface area contributed by atoms with Crippen molar-refractivity contribution < 1.29 is 14.3 Å². The average Bonchev–Trinajstić information content (AvgIpc) is 2.59. The van der Waals surface area contributed by atoms with Gasteiger partial charge >= 0.3 is 5.97 Å². The molecule has 0 amide bonds. The number of carbonyl (C=O) groups is 2. The number of ketones is 1. The molecule has 3 rings (SSSR count). The van der Waals surface area contributed by atoms with Gasteiger partial charge in [-0.2, -0.15) is 0 Å². The highest BCUT2D eigenvalue weighted by Gasteiger charge is 2.21. The number of esters is 1. The fourth-order valence-electron chi connectivity index (χ4n) is 2.69. The Morgan fingerprint density at radius 2 is 1.65 bits per heavy atom. The van der Waals surface area contributed by atoms with Crippen LogP contribution in [0.3, 0.4) is 0 Å². The normalized spacial score (nSPS) is 10.8. The maximum Gasteiger partial charge on any atom is 0.308 e. The molecule has 1 aromatic heterocycles. The molecule has 0 aliphatic carbocycles. The predicted molar refractivity (Wildman–Crippen MR) is 102 cm³/mol. The number of nitrogens with zero attached hydrogens (tertiary/aromatic N) is 1. The predicted octanol–water partition coefficient (Wildman–Crippen LogP) is 5.31. The molecule has 0 spiro atoms. The van der Waals surface area contributed by atoms with E-state index < -0.39 is 5.97 Å². The summed E-state index contributed by atoms with van der Waals surface area (Å²) in [4.78, 5) is 28.9. The lowest BCUT2D eigenvalue weighted by atomic mass is 9.99. The first-order valence-corrected chi connectivity index (χ1v) is 8.63. The number of hydrogen-bond acceptors (Lipinski definition) is 4. The van der Waals surface area contributed by atoms with Crippen LogP contribution >= 0.6 is 23.2 Å². The van der Waals surface area contributed by atoms with E-state index in [1.54, 1.807) is 43.3 Å². The Balaban J connectivity index is 2.24. The minimum Gasteiger partial charge on any atom is -0.426 e. The largest absolute Gasteiger partial charge is 0.426 e. The van der Waals surface area contributed by atoms with Crippen molar-refractivity contribution in [3.8, 4) is 5.75 Å². The average molecular weight is 388 g/mol. The second kappa shape index (κ2) is 7.06. The summed E-state index contributed by atoms with van der Waals surface area (Å²) >= 11 is 12.4. The van der Waals surface area contributed by atoms with Gasteiger partial charge in [0.25, 0.3) is 0 Å². The molecule has 0 radical (unpaired) electrons. The lowest BCUT2D eigenvalue weighted by Crippen LogP contribution is -2.07. The third-order valence-corrected chi connectivity index (χ3v) is 4.76. The Kier molecular flexibility index (Phi) is 4.99. The van der Waals surface area contributed by atoms with E-state index in [2.05, 4.69) is 4.98 Å². The maximum atomic E-state index is 12.9. The van der Waals surface area contributed by atoms with Gasteiger partial charge in [-0.3, -0.25) is 14.6 Å². The van der Waals surface area contributed by atoms with Crippen molar-refractivity contribution in [2.24, 2.45) is 0 Å². The van der Waals surface area contributed by atoms with Gasteiger partial charge in [0.2, 0.25) is 0 Å². The number of pyridine rings is 1. The fourth-order valence-corrected chi connectivity index (χ4v) is 3.15. The Labute approximate surface area is 160 Å². The number of aromatic nitrogens is 1. The summed E-state index contributed by atoms with van der Waals surface area (Å²) < 4.78 is 5.38. The summed E-state index contributed by atoms with van der Waals surface area (Å²) in [7, 11) is 0. The zero-order valence-electron chi connectivity index (χ0n) is 14.4. The van der Waals surface area contributed by atoms with Crippen molar-refractivity contribution in [2.75, 3.05) is 0 Å². The molecule has 0 atom stereocenters. The van der Waals surface area contributed by atoms with Crippen molar-refractivity contribution in [2.45, 2.75) is 20.8 Å². The molecule has 0 saturated carbocycles. The Bertz CT molecular complexity index is 1040. The highest BCUT2D eigenvalue weighted by atomic mass is 35.5. The van der Waals surface area contributed by atoms with Crippen LogP contribution in [0.2, 0.25) is 10.0 Å². The van der Waals surface area contributed by atoms with E-state index >= 15 is 0 Å². The number of halogens is 2. The molecule has 0 unspecified atom stereocenters. The van der Waals surface area contributed by atoms with Gasteiger partial charge in [-0.1, -0.05) is 23.2 Å². The van der Waals surface area contributed by atoms with Gasteiger partial charge in [0.05, 0.1) is 15.9 Å². The minimum absolute atomic E-state index is 0.203. The van der Waals surface area contributed by atoms with E-state index in [0.717, 1.165) is 5.69 Å². The number of carbonyl (C=O) groups excluding carboxylic acids is 2. The van der Waals surface area contributed by atoms with Crippen molar-refractivity contribution in [1.82, 2.24) is 4.98 Å². The summed E-state index contributed by atoms with van der Waals surface area (Å²) in [6.45, 7) is 4.93. The van der Waals surface area contributed by atoms with Crippen LogP contribution in [0.5, 0.6) is 5.75 Å². The number of hydrogen-bond donors (Lipinski definition) is 0. The Morgan fingerprint density at radius 1 is 1.00 bits per heavy atom. The molecule has 26 heavy (non-hydrogen) atoms. The number of benzene rings is 2. The fraction of sp³-hybridized carbons (Fsp3) is 0.150. The minimum atomic E-state index is -0.467. The highest BCUT2D eigenvalue weighted by Crippen LogP contribution is 2.38. The van der Waals surface area contributed by atoms with E-state index in [0.29, 0.717) is 38.4 Å². The highest BCUT2D eigenvalue weighted by molar-refractivity contribution is 6.40. The molecule has 4 nitrogen and oxygen atoms in total. The SMILES string of the molecule is CC(=O)Oc1c(C)c(C)nc2ccc(C(=O)c3ccc(Cl)cc3)c(Cl)c12. The summed E-state index contributed by atoms with van der Waals surface area (Å²) in [5.41, 5.74) is 2.75. The molecule has 0 N–H and O–H groups in total. The zero-order valence-corrected chi connectivity index (χ0v) is 15.9. The van der Waals surface area contributed by atoms with Crippen molar-refractivity contribution in [3.05, 3.63) is 68.8 Å². The van der Waals surface area contributed by atoms with E-state index in [-0.39, 0.29) is 10.8 Å². The molecule has 0 saturated heterocycles. The lowest BCUT2D eigenvalue weighted by Gasteiger charge is -2.14. The number of fused-ring (bicyclic) bond motifs is 1. The maximum absolute atomic E-state index is 12.9. The molecule has 1 heterocycles.